The van der Waals surface area contributed by atoms with Crippen molar-refractivity contribution in [2.45, 2.75) is 37.1 Å². The van der Waals surface area contributed by atoms with Gasteiger partial charge in [0.1, 0.15) is 4.90 Å². The molecule has 112 valence electrons. The van der Waals surface area contributed by atoms with Gasteiger partial charge in [-0.1, -0.05) is 19.1 Å². The Labute approximate surface area is 121 Å². The smallest absolute Gasteiger partial charge is 0.242 e. The van der Waals surface area contributed by atoms with Crippen molar-refractivity contribution in [3.8, 4) is 0 Å². The van der Waals surface area contributed by atoms with Gasteiger partial charge in [-0.15, -0.1) is 0 Å². The minimum Gasteiger partial charge on any atom is -0.366 e. The summed E-state index contributed by atoms with van der Waals surface area (Å²) in [4.78, 5) is 2.50. The molecule has 1 aliphatic rings. The Hall–Kier alpha value is -1.11. The maximum atomic E-state index is 12.3. The van der Waals surface area contributed by atoms with Gasteiger partial charge in [0.2, 0.25) is 10.0 Å². The van der Waals surface area contributed by atoms with E-state index in [1.807, 2.05) is 12.1 Å². The van der Waals surface area contributed by atoms with Crippen LogP contribution >= 0.6 is 0 Å². The molecule has 0 aromatic heterocycles. The molecule has 0 spiro atoms. The van der Waals surface area contributed by atoms with Crippen LogP contribution in [0.2, 0.25) is 0 Å². The molecule has 0 bridgehead atoms. The highest BCUT2D eigenvalue weighted by molar-refractivity contribution is 7.89. The van der Waals surface area contributed by atoms with Crippen molar-refractivity contribution in [3.05, 3.63) is 24.3 Å². The zero-order valence-corrected chi connectivity index (χ0v) is 12.7. The molecule has 1 saturated heterocycles. The molecule has 0 amide bonds. The number of nitrogens with zero attached hydrogens (tertiary/aromatic N) is 1. The molecule has 0 aliphatic carbocycles. The van der Waals surface area contributed by atoms with E-state index in [0.717, 1.165) is 31.5 Å². The second-order valence-corrected chi connectivity index (χ2v) is 6.78. The van der Waals surface area contributed by atoms with Gasteiger partial charge in [-0.2, -0.15) is 0 Å². The minimum atomic E-state index is -3.45. The molecule has 2 rings (SSSR count). The number of hydrogen-bond acceptors (Lipinski definition) is 4. The standard InChI is InChI=1S/C14H23N3O2S/c1-2-16-20(18,19)14-9-4-3-8-13(14)17-10-6-5-7-12(17)11-15/h3-4,8-9,12,16H,2,5-7,10-11,15H2,1H3. The molecular weight excluding hydrogens is 274 g/mol. The van der Waals surface area contributed by atoms with Crippen LogP contribution in [-0.2, 0) is 10.0 Å². The number of para-hydroxylation sites is 1. The second kappa shape index (κ2) is 6.56. The van der Waals surface area contributed by atoms with Crippen molar-refractivity contribution in [1.82, 2.24) is 4.72 Å². The molecule has 1 aromatic rings. The summed E-state index contributed by atoms with van der Waals surface area (Å²) in [7, 11) is -3.45. The average molecular weight is 297 g/mol. The molecule has 0 saturated carbocycles. The van der Waals surface area contributed by atoms with E-state index < -0.39 is 10.0 Å². The predicted octanol–water partition coefficient (Wildman–Crippen LogP) is 1.30. The molecule has 1 aromatic carbocycles. The molecule has 0 radical (unpaired) electrons. The van der Waals surface area contributed by atoms with E-state index in [1.165, 1.54) is 0 Å². The van der Waals surface area contributed by atoms with Crippen molar-refractivity contribution in [1.29, 1.82) is 0 Å². The molecular formula is C14H23N3O2S. The number of sulfonamides is 1. The van der Waals surface area contributed by atoms with E-state index in [0.29, 0.717) is 18.0 Å². The van der Waals surface area contributed by atoms with Gasteiger partial charge < -0.3 is 10.6 Å². The summed E-state index contributed by atoms with van der Waals surface area (Å²) in [5.74, 6) is 0. The van der Waals surface area contributed by atoms with Gasteiger partial charge in [0.15, 0.2) is 0 Å². The van der Waals surface area contributed by atoms with Gasteiger partial charge in [-0.25, -0.2) is 13.1 Å². The van der Waals surface area contributed by atoms with E-state index in [-0.39, 0.29) is 6.04 Å². The third-order valence-corrected chi connectivity index (χ3v) is 5.29. The number of anilines is 1. The zero-order valence-electron chi connectivity index (χ0n) is 11.9. The highest BCUT2D eigenvalue weighted by atomic mass is 32.2. The first-order valence-corrected chi connectivity index (χ1v) is 8.64. The fourth-order valence-electron chi connectivity index (χ4n) is 2.75. The van der Waals surface area contributed by atoms with E-state index in [1.54, 1.807) is 19.1 Å². The zero-order chi connectivity index (χ0) is 14.6. The Morgan fingerprint density at radius 2 is 2.10 bits per heavy atom. The summed E-state index contributed by atoms with van der Waals surface area (Å²) in [5.41, 5.74) is 6.61. The number of nitrogens with two attached hydrogens (primary N) is 1. The van der Waals surface area contributed by atoms with E-state index in [4.69, 9.17) is 5.73 Å². The van der Waals surface area contributed by atoms with Crippen LogP contribution in [0.15, 0.2) is 29.2 Å². The van der Waals surface area contributed by atoms with Crippen LogP contribution in [0.5, 0.6) is 0 Å². The van der Waals surface area contributed by atoms with Gasteiger partial charge in [0.25, 0.3) is 0 Å². The molecule has 1 heterocycles. The summed E-state index contributed by atoms with van der Waals surface area (Å²) in [5, 5.41) is 0. The van der Waals surface area contributed by atoms with Crippen LogP contribution in [0.1, 0.15) is 26.2 Å². The Morgan fingerprint density at radius 3 is 2.80 bits per heavy atom. The van der Waals surface area contributed by atoms with E-state index in [2.05, 4.69) is 9.62 Å². The molecule has 1 aliphatic heterocycles. The van der Waals surface area contributed by atoms with Crippen LogP contribution in [-0.4, -0.2) is 34.1 Å². The first kappa shape index (κ1) is 15.3. The topological polar surface area (TPSA) is 75.4 Å². The normalized spacial score (nSPS) is 20.1. The fourth-order valence-corrected chi connectivity index (χ4v) is 4.01. The third-order valence-electron chi connectivity index (χ3n) is 3.70. The van der Waals surface area contributed by atoms with Crippen molar-refractivity contribution in [2.24, 2.45) is 5.73 Å². The molecule has 5 nitrogen and oxygen atoms in total. The quantitative estimate of drug-likeness (QED) is 0.859. The Bertz CT molecular complexity index is 545. The van der Waals surface area contributed by atoms with E-state index >= 15 is 0 Å². The molecule has 6 heteroatoms. The van der Waals surface area contributed by atoms with Gasteiger partial charge in [0.05, 0.1) is 5.69 Å². The van der Waals surface area contributed by atoms with Crippen LogP contribution < -0.4 is 15.4 Å². The fraction of sp³-hybridized carbons (Fsp3) is 0.571. The second-order valence-electron chi connectivity index (χ2n) is 5.05. The van der Waals surface area contributed by atoms with Crippen LogP contribution in [0.3, 0.4) is 0 Å². The largest absolute Gasteiger partial charge is 0.366 e. The van der Waals surface area contributed by atoms with Crippen molar-refractivity contribution in [3.63, 3.8) is 0 Å². The first-order valence-electron chi connectivity index (χ1n) is 7.15. The summed E-state index contributed by atoms with van der Waals surface area (Å²) >= 11 is 0. The van der Waals surface area contributed by atoms with Crippen molar-refractivity contribution < 1.29 is 8.42 Å². The maximum Gasteiger partial charge on any atom is 0.242 e. The van der Waals surface area contributed by atoms with Crippen LogP contribution in [0, 0.1) is 0 Å². The highest BCUT2D eigenvalue weighted by Crippen LogP contribution is 2.30. The molecule has 3 N–H and O–H groups in total. The number of nitrogens with one attached hydrogen (secondary N) is 1. The molecule has 1 unspecified atom stereocenters. The van der Waals surface area contributed by atoms with Crippen molar-refractivity contribution in [2.75, 3.05) is 24.5 Å². The van der Waals surface area contributed by atoms with Crippen LogP contribution in [0.4, 0.5) is 5.69 Å². The lowest BCUT2D eigenvalue weighted by Gasteiger charge is -2.37. The monoisotopic (exact) mass is 297 g/mol. The number of piperidine rings is 1. The number of hydrogen-bond donors (Lipinski definition) is 2. The Balaban J connectivity index is 2.41. The van der Waals surface area contributed by atoms with E-state index in [9.17, 15) is 8.42 Å². The van der Waals surface area contributed by atoms with Gasteiger partial charge in [-0.3, -0.25) is 0 Å². The van der Waals surface area contributed by atoms with Gasteiger partial charge >= 0.3 is 0 Å². The van der Waals surface area contributed by atoms with Crippen LogP contribution in [0.25, 0.3) is 0 Å². The average Bonchev–Trinajstić information content (AvgIpc) is 2.47. The molecule has 20 heavy (non-hydrogen) atoms. The molecule has 1 atom stereocenters. The highest BCUT2D eigenvalue weighted by Gasteiger charge is 2.26. The lowest BCUT2D eigenvalue weighted by atomic mass is 10.0. The summed E-state index contributed by atoms with van der Waals surface area (Å²) < 4.78 is 27.2. The molecule has 1 fully saturated rings. The summed E-state index contributed by atoms with van der Waals surface area (Å²) in [6.45, 7) is 3.58. The maximum absolute atomic E-state index is 12.3. The summed E-state index contributed by atoms with van der Waals surface area (Å²) in [6, 6.07) is 7.40. The third kappa shape index (κ3) is 3.13. The number of rotatable bonds is 5. The number of benzene rings is 1. The van der Waals surface area contributed by atoms with Gasteiger partial charge in [-0.05, 0) is 31.4 Å². The predicted molar refractivity (Wildman–Crippen MR) is 81.3 cm³/mol. The summed E-state index contributed by atoms with van der Waals surface area (Å²) in [6.07, 6.45) is 3.25. The SMILES string of the molecule is CCNS(=O)(=O)c1ccccc1N1CCCCC1CN. The lowest BCUT2D eigenvalue weighted by Crippen LogP contribution is -2.45. The minimum absolute atomic E-state index is 0.224. The van der Waals surface area contributed by atoms with Crippen molar-refractivity contribution >= 4 is 15.7 Å². The Morgan fingerprint density at radius 1 is 1.35 bits per heavy atom. The lowest BCUT2D eigenvalue weighted by molar-refractivity contribution is 0.463. The Kier molecular flexibility index (Phi) is 5.01. The first-order chi connectivity index (χ1) is 9.60. The van der Waals surface area contributed by atoms with Gasteiger partial charge in [0, 0.05) is 25.7 Å².